The van der Waals surface area contributed by atoms with Gasteiger partial charge in [-0.05, 0) is 57.9 Å². The van der Waals surface area contributed by atoms with E-state index >= 15 is 0 Å². The fraction of sp³-hybridized carbons (Fsp3) is 0.579. The van der Waals surface area contributed by atoms with Crippen molar-refractivity contribution in [2.75, 3.05) is 28.4 Å². The Hall–Kier alpha value is -3.36. The lowest BCUT2D eigenvalue weighted by molar-refractivity contribution is -0.128. The van der Waals surface area contributed by atoms with Crippen LogP contribution in [0.1, 0.15) is 78.7 Å². The number of hydrogen-bond donors (Lipinski definition) is 2. The van der Waals surface area contributed by atoms with E-state index in [1.165, 1.54) is 58.0 Å². The third-order valence-corrected chi connectivity index (χ3v) is 9.26. The maximum atomic E-state index is 12.4. The van der Waals surface area contributed by atoms with Crippen LogP contribution in [0, 0.1) is 23.7 Å². The molecule has 3 rings (SSSR count). The highest BCUT2D eigenvalue weighted by atomic mass is 16.5. The van der Waals surface area contributed by atoms with E-state index in [0.717, 1.165) is 19.3 Å². The summed E-state index contributed by atoms with van der Waals surface area (Å²) >= 11 is 0. The first kappa shape index (κ1) is 38.8. The minimum atomic E-state index is -0.828. The number of carbonyl (C=O) groups is 2. The number of ketones is 2. The number of aryl methyl sites for hydroxylation is 1. The molecule has 2 N–H and O–H groups in total. The zero-order valence-corrected chi connectivity index (χ0v) is 29.3. The SMILES string of the molecule is CCCC/C(C)=C/CC1C(C)C(=O)C(OC)=C(OC)C1O.COC1=C(OC)C(O)C(C/C=C(\C)CCc2ccccc2)C(C)C1=O. The Morgan fingerprint density at radius 1 is 0.717 bits per heavy atom. The Morgan fingerprint density at radius 3 is 1.54 bits per heavy atom. The molecule has 0 saturated carbocycles. The molecule has 0 spiro atoms. The standard InChI is InChI=1S/C21H28O4.C17H28O4/c1-14(10-12-16-8-6-5-7-9-16)11-13-17-15(2)18(22)20(24-3)21(25-4)19(17)23;1-6-7-8-11(2)9-10-13-12(3)14(18)16(20-4)17(21-5)15(13)19/h5-9,11,15,17,19,23H,10,12-13H2,1-4H3;9,12-13,15,19H,6-8,10H2,1-5H3/b14-11+;11-9+. The molecule has 0 aliphatic heterocycles. The molecular formula is C38H56O8. The second kappa shape index (κ2) is 19.3. The number of unbranched alkanes of at least 4 members (excludes halogenated alkanes) is 1. The molecule has 6 atom stereocenters. The summed E-state index contributed by atoms with van der Waals surface area (Å²) < 4.78 is 20.7. The molecule has 1 aromatic carbocycles. The number of aliphatic hydroxyl groups excluding tert-OH is 2. The van der Waals surface area contributed by atoms with Gasteiger partial charge in [-0.2, -0.15) is 0 Å². The molecule has 1 aromatic rings. The van der Waals surface area contributed by atoms with Crippen LogP contribution in [0.5, 0.6) is 0 Å². The van der Waals surface area contributed by atoms with Crippen molar-refractivity contribution in [1.82, 2.24) is 0 Å². The lowest BCUT2D eigenvalue weighted by Gasteiger charge is -2.33. The van der Waals surface area contributed by atoms with Crippen LogP contribution in [-0.2, 0) is 35.0 Å². The normalized spacial score (nSPS) is 25.6. The monoisotopic (exact) mass is 640 g/mol. The van der Waals surface area contributed by atoms with Crippen molar-refractivity contribution in [3.63, 3.8) is 0 Å². The van der Waals surface area contributed by atoms with Gasteiger partial charge in [-0.15, -0.1) is 0 Å². The lowest BCUT2D eigenvalue weighted by atomic mass is 9.77. The molecule has 8 nitrogen and oxygen atoms in total. The molecule has 46 heavy (non-hydrogen) atoms. The summed E-state index contributed by atoms with van der Waals surface area (Å²) in [6.07, 6.45) is 9.31. The zero-order chi connectivity index (χ0) is 34.4. The van der Waals surface area contributed by atoms with E-state index in [-0.39, 0.29) is 58.3 Å². The summed E-state index contributed by atoms with van der Waals surface area (Å²) in [5.41, 5.74) is 3.88. The third-order valence-electron chi connectivity index (χ3n) is 9.26. The Kier molecular flexibility index (Phi) is 16.3. The molecule has 0 radical (unpaired) electrons. The molecule has 8 heteroatoms. The average Bonchev–Trinajstić information content (AvgIpc) is 3.06. The molecule has 256 valence electrons. The van der Waals surface area contributed by atoms with Gasteiger partial charge >= 0.3 is 0 Å². The van der Waals surface area contributed by atoms with Gasteiger partial charge in [0.1, 0.15) is 12.2 Å². The molecule has 0 aromatic heterocycles. The average molecular weight is 641 g/mol. The Bertz CT molecular complexity index is 1260. The minimum absolute atomic E-state index is 0.0933. The molecular weight excluding hydrogens is 584 g/mol. The highest BCUT2D eigenvalue weighted by Gasteiger charge is 2.43. The smallest absolute Gasteiger partial charge is 0.204 e. The van der Waals surface area contributed by atoms with E-state index < -0.39 is 12.2 Å². The van der Waals surface area contributed by atoms with Gasteiger partial charge < -0.3 is 29.2 Å². The van der Waals surface area contributed by atoms with Crippen LogP contribution in [-0.4, -0.2) is 62.4 Å². The lowest BCUT2D eigenvalue weighted by Crippen LogP contribution is -2.40. The number of Topliss-reactive ketones (excluding diaryl/α,β-unsaturated/α-hetero) is 2. The van der Waals surface area contributed by atoms with Crippen molar-refractivity contribution in [3.05, 3.63) is 82.2 Å². The summed E-state index contributed by atoms with van der Waals surface area (Å²) in [5, 5.41) is 21.1. The van der Waals surface area contributed by atoms with Gasteiger partial charge in [-0.25, -0.2) is 0 Å². The van der Waals surface area contributed by atoms with E-state index in [1.54, 1.807) is 0 Å². The van der Waals surface area contributed by atoms with Gasteiger partial charge in [-0.3, -0.25) is 9.59 Å². The van der Waals surface area contributed by atoms with E-state index in [1.807, 2.05) is 32.0 Å². The topological polar surface area (TPSA) is 112 Å². The largest absolute Gasteiger partial charge is 0.494 e. The van der Waals surface area contributed by atoms with E-state index in [4.69, 9.17) is 18.9 Å². The van der Waals surface area contributed by atoms with Crippen LogP contribution in [0.2, 0.25) is 0 Å². The van der Waals surface area contributed by atoms with Crippen LogP contribution >= 0.6 is 0 Å². The van der Waals surface area contributed by atoms with Gasteiger partial charge in [0.05, 0.1) is 28.4 Å². The van der Waals surface area contributed by atoms with Crippen molar-refractivity contribution in [2.24, 2.45) is 23.7 Å². The Morgan fingerprint density at radius 2 is 1.15 bits per heavy atom. The Labute approximate surface area is 276 Å². The number of carbonyl (C=O) groups excluding carboxylic acids is 2. The molecule has 2 aliphatic rings. The second-order valence-electron chi connectivity index (χ2n) is 12.4. The van der Waals surface area contributed by atoms with Crippen molar-refractivity contribution in [3.8, 4) is 0 Å². The highest BCUT2D eigenvalue weighted by Crippen LogP contribution is 2.36. The van der Waals surface area contributed by atoms with Gasteiger partial charge in [0.25, 0.3) is 0 Å². The number of allylic oxidation sites excluding steroid dienone is 6. The van der Waals surface area contributed by atoms with Crippen LogP contribution in [0.25, 0.3) is 0 Å². The predicted molar refractivity (Wildman–Crippen MR) is 180 cm³/mol. The number of rotatable bonds is 14. The quantitative estimate of drug-likeness (QED) is 0.212. The van der Waals surface area contributed by atoms with Gasteiger partial charge in [0, 0.05) is 23.7 Å². The summed E-state index contributed by atoms with van der Waals surface area (Å²) in [5.74, 6) is -0.351. The third kappa shape index (κ3) is 10.1. The summed E-state index contributed by atoms with van der Waals surface area (Å²) in [6, 6.07) is 10.4. The summed E-state index contributed by atoms with van der Waals surface area (Å²) in [7, 11) is 5.78. The van der Waals surface area contributed by atoms with Crippen molar-refractivity contribution >= 4 is 11.6 Å². The fourth-order valence-electron chi connectivity index (χ4n) is 6.07. The first-order chi connectivity index (χ1) is 22.0. The van der Waals surface area contributed by atoms with Gasteiger partial charge in [0.15, 0.2) is 11.5 Å². The second-order valence-corrected chi connectivity index (χ2v) is 12.4. The van der Waals surface area contributed by atoms with Crippen molar-refractivity contribution in [2.45, 2.75) is 91.8 Å². The number of aliphatic hydroxyl groups is 2. The van der Waals surface area contributed by atoms with Crippen molar-refractivity contribution in [1.29, 1.82) is 0 Å². The molecule has 0 bridgehead atoms. The summed E-state index contributed by atoms with van der Waals surface area (Å²) in [4.78, 5) is 24.7. The maximum absolute atomic E-state index is 12.4. The van der Waals surface area contributed by atoms with E-state index in [0.29, 0.717) is 12.8 Å². The summed E-state index contributed by atoms with van der Waals surface area (Å²) in [6.45, 7) is 10.1. The molecule has 0 amide bonds. The molecule has 6 unspecified atom stereocenters. The van der Waals surface area contributed by atoms with Crippen LogP contribution in [0.4, 0.5) is 0 Å². The first-order valence-electron chi connectivity index (χ1n) is 16.4. The number of ether oxygens (including phenoxy) is 4. The van der Waals surface area contributed by atoms with Crippen LogP contribution in [0.3, 0.4) is 0 Å². The number of hydrogen-bond acceptors (Lipinski definition) is 8. The first-order valence-corrected chi connectivity index (χ1v) is 16.4. The molecule has 0 fully saturated rings. The van der Waals surface area contributed by atoms with Crippen molar-refractivity contribution < 1.29 is 38.7 Å². The fourth-order valence-corrected chi connectivity index (χ4v) is 6.07. The van der Waals surface area contributed by atoms with Crippen LogP contribution in [0.15, 0.2) is 76.7 Å². The minimum Gasteiger partial charge on any atom is -0.494 e. The van der Waals surface area contributed by atoms with Gasteiger partial charge in [0.2, 0.25) is 23.1 Å². The van der Waals surface area contributed by atoms with Gasteiger partial charge in [-0.1, -0.05) is 80.8 Å². The zero-order valence-electron chi connectivity index (χ0n) is 29.3. The highest BCUT2D eigenvalue weighted by molar-refractivity contribution is 5.97. The van der Waals surface area contributed by atoms with E-state index in [2.05, 4.69) is 45.1 Å². The molecule has 0 heterocycles. The van der Waals surface area contributed by atoms with E-state index in [9.17, 15) is 19.8 Å². The predicted octanol–water partition coefficient (Wildman–Crippen LogP) is 6.87. The Balaban J connectivity index is 0.000000326. The maximum Gasteiger partial charge on any atom is 0.204 e. The molecule has 0 saturated heterocycles. The molecule has 2 aliphatic carbocycles. The number of benzene rings is 1. The van der Waals surface area contributed by atoms with Crippen LogP contribution < -0.4 is 0 Å². The number of methoxy groups -OCH3 is 4.